The maximum atomic E-state index is 13.0. The van der Waals surface area contributed by atoms with Gasteiger partial charge in [-0.25, -0.2) is 4.39 Å². The molecule has 2 aromatic carbocycles. The lowest BCUT2D eigenvalue weighted by Gasteiger charge is -2.17. The van der Waals surface area contributed by atoms with Crippen LogP contribution in [-0.4, -0.2) is 29.9 Å². The molecule has 0 saturated carbocycles. The van der Waals surface area contributed by atoms with E-state index in [-0.39, 0.29) is 17.8 Å². The van der Waals surface area contributed by atoms with E-state index in [1.165, 1.54) is 28.8 Å². The fraction of sp³-hybridized carbons (Fsp3) is 0.261. The predicted octanol–water partition coefficient (Wildman–Crippen LogP) is 4.49. The van der Waals surface area contributed by atoms with Crippen molar-refractivity contribution in [3.8, 4) is 11.1 Å². The lowest BCUT2D eigenvalue weighted by atomic mass is 10.1. The van der Waals surface area contributed by atoms with Gasteiger partial charge < -0.3 is 5.32 Å². The largest absolute Gasteiger partial charge is 0.352 e. The molecule has 3 aromatic rings. The van der Waals surface area contributed by atoms with Crippen LogP contribution in [-0.2, 0) is 17.8 Å². The normalized spacial score (nSPS) is 17.0. The van der Waals surface area contributed by atoms with Gasteiger partial charge in [-0.3, -0.25) is 9.69 Å². The van der Waals surface area contributed by atoms with Crippen LogP contribution in [0.5, 0.6) is 0 Å². The van der Waals surface area contributed by atoms with Crippen LogP contribution in [0.2, 0.25) is 0 Å². The van der Waals surface area contributed by atoms with E-state index in [0.29, 0.717) is 6.42 Å². The van der Waals surface area contributed by atoms with Crippen molar-refractivity contribution in [3.05, 3.63) is 82.3 Å². The second kappa shape index (κ2) is 8.67. The van der Waals surface area contributed by atoms with Crippen molar-refractivity contribution >= 4 is 17.2 Å². The predicted molar refractivity (Wildman–Crippen MR) is 112 cm³/mol. The number of benzene rings is 2. The number of carbonyl (C=O) groups excluding carboxylic acids is 1. The average Bonchev–Trinajstić information content (AvgIpc) is 3.37. The van der Waals surface area contributed by atoms with Crippen LogP contribution in [0.25, 0.3) is 11.1 Å². The number of nitrogens with zero attached hydrogens (tertiary/aromatic N) is 1. The molecule has 1 fully saturated rings. The third-order valence-electron chi connectivity index (χ3n) is 5.13. The van der Waals surface area contributed by atoms with Gasteiger partial charge in [0, 0.05) is 25.7 Å². The topological polar surface area (TPSA) is 32.3 Å². The molecular weight excluding hydrogens is 371 g/mol. The van der Waals surface area contributed by atoms with Gasteiger partial charge in [0.2, 0.25) is 5.91 Å². The number of amides is 1. The molecular formula is C23H23FN2OS. The zero-order valence-corrected chi connectivity index (χ0v) is 16.4. The van der Waals surface area contributed by atoms with Gasteiger partial charge in [-0.15, -0.1) is 0 Å². The highest BCUT2D eigenvalue weighted by atomic mass is 32.1. The Balaban J connectivity index is 1.26. The highest BCUT2D eigenvalue weighted by Gasteiger charge is 2.23. The Labute approximate surface area is 168 Å². The molecule has 1 N–H and O–H groups in total. The molecule has 5 heteroatoms. The van der Waals surface area contributed by atoms with Crippen LogP contribution >= 0.6 is 11.3 Å². The van der Waals surface area contributed by atoms with Gasteiger partial charge >= 0.3 is 0 Å². The van der Waals surface area contributed by atoms with Crippen LogP contribution in [0.4, 0.5) is 4.39 Å². The van der Waals surface area contributed by atoms with Gasteiger partial charge in [0.05, 0.1) is 6.42 Å². The number of hydrogen-bond donors (Lipinski definition) is 1. The van der Waals surface area contributed by atoms with Crippen molar-refractivity contribution in [2.24, 2.45) is 0 Å². The molecule has 0 aliphatic carbocycles. The van der Waals surface area contributed by atoms with Crippen LogP contribution in [0.15, 0.2) is 65.4 Å². The molecule has 1 atom stereocenters. The first-order valence-corrected chi connectivity index (χ1v) is 10.5. The maximum Gasteiger partial charge on any atom is 0.224 e. The molecule has 1 aliphatic heterocycles. The maximum absolute atomic E-state index is 13.0. The van der Waals surface area contributed by atoms with E-state index in [0.717, 1.165) is 31.6 Å². The molecule has 1 amide bonds. The molecule has 144 valence electrons. The Morgan fingerprint density at radius 3 is 2.50 bits per heavy atom. The Bertz CT molecular complexity index is 907. The quantitative estimate of drug-likeness (QED) is 0.668. The minimum Gasteiger partial charge on any atom is -0.352 e. The number of rotatable bonds is 6. The fourth-order valence-electron chi connectivity index (χ4n) is 3.65. The molecule has 28 heavy (non-hydrogen) atoms. The zero-order valence-electron chi connectivity index (χ0n) is 15.6. The van der Waals surface area contributed by atoms with Crippen molar-refractivity contribution in [1.82, 2.24) is 10.2 Å². The van der Waals surface area contributed by atoms with Crippen molar-refractivity contribution in [2.45, 2.75) is 25.4 Å². The first-order chi connectivity index (χ1) is 13.7. The first kappa shape index (κ1) is 18.8. The number of nitrogens with one attached hydrogen (secondary N) is 1. The summed E-state index contributed by atoms with van der Waals surface area (Å²) in [7, 11) is 0. The van der Waals surface area contributed by atoms with Gasteiger partial charge in [0.25, 0.3) is 0 Å². The Kier molecular flexibility index (Phi) is 5.84. The van der Waals surface area contributed by atoms with Gasteiger partial charge in [-0.05, 0) is 57.6 Å². The Morgan fingerprint density at radius 2 is 1.79 bits per heavy atom. The summed E-state index contributed by atoms with van der Waals surface area (Å²) in [6.07, 6.45) is 1.25. The van der Waals surface area contributed by atoms with E-state index in [1.807, 2.05) is 0 Å². The monoisotopic (exact) mass is 394 g/mol. The minimum absolute atomic E-state index is 0.00132. The van der Waals surface area contributed by atoms with E-state index < -0.39 is 0 Å². The third kappa shape index (κ3) is 4.86. The van der Waals surface area contributed by atoms with Crippen LogP contribution < -0.4 is 5.32 Å². The molecule has 3 nitrogen and oxygen atoms in total. The molecule has 0 radical (unpaired) electrons. The third-order valence-corrected chi connectivity index (χ3v) is 5.81. The molecule has 1 saturated heterocycles. The molecule has 0 spiro atoms. The summed E-state index contributed by atoms with van der Waals surface area (Å²) in [5.41, 5.74) is 4.63. The van der Waals surface area contributed by atoms with E-state index in [4.69, 9.17) is 0 Å². The van der Waals surface area contributed by atoms with E-state index >= 15 is 0 Å². The highest BCUT2D eigenvalue weighted by molar-refractivity contribution is 7.08. The second-order valence-corrected chi connectivity index (χ2v) is 8.08. The average molecular weight is 395 g/mol. The van der Waals surface area contributed by atoms with Crippen LogP contribution in [0, 0.1) is 5.82 Å². The number of hydrogen-bond acceptors (Lipinski definition) is 3. The summed E-state index contributed by atoms with van der Waals surface area (Å²) in [6.45, 7) is 2.74. The number of carbonyl (C=O) groups is 1. The van der Waals surface area contributed by atoms with Crippen LogP contribution in [0.3, 0.4) is 0 Å². The van der Waals surface area contributed by atoms with Crippen molar-refractivity contribution in [3.63, 3.8) is 0 Å². The lowest BCUT2D eigenvalue weighted by molar-refractivity contribution is -0.121. The molecule has 0 bridgehead atoms. The molecule has 1 aromatic heterocycles. The van der Waals surface area contributed by atoms with Gasteiger partial charge in [-0.2, -0.15) is 11.3 Å². The number of thiophene rings is 1. The van der Waals surface area contributed by atoms with Gasteiger partial charge in [0.15, 0.2) is 0 Å². The minimum atomic E-state index is -0.279. The van der Waals surface area contributed by atoms with Gasteiger partial charge in [0.1, 0.15) is 5.82 Å². The highest BCUT2D eigenvalue weighted by Crippen LogP contribution is 2.23. The van der Waals surface area contributed by atoms with Crippen molar-refractivity contribution in [2.75, 3.05) is 13.1 Å². The summed E-state index contributed by atoms with van der Waals surface area (Å²) in [5, 5.41) is 7.37. The summed E-state index contributed by atoms with van der Waals surface area (Å²) >= 11 is 1.71. The summed E-state index contributed by atoms with van der Waals surface area (Å²) in [4.78, 5) is 14.6. The molecule has 4 rings (SSSR count). The number of likely N-dealkylation sites (tertiary alicyclic amines) is 1. The van der Waals surface area contributed by atoms with Gasteiger partial charge in [-0.1, -0.05) is 36.4 Å². The number of halogens is 1. The smallest absolute Gasteiger partial charge is 0.224 e. The second-order valence-electron chi connectivity index (χ2n) is 7.30. The standard InChI is InChI=1S/C23H23FN2OS/c24-21-7-3-17(4-8-21)13-23(27)25-22-9-11-26(15-22)14-18-1-5-19(6-2-18)20-10-12-28-16-20/h1-8,10,12,16,22H,9,11,13-15H2,(H,25,27). The van der Waals surface area contributed by atoms with Crippen molar-refractivity contribution in [1.29, 1.82) is 0 Å². The SMILES string of the molecule is O=C(Cc1ccc(F)cc1)NC1CCN(Cc2ccc(-c3ccsc3)cc2)C1. The zero-order chi connectivity index (χ0) is 19.3. The Hall–Kier alpha value is -2.50. The molecule has 1 aliphatic rings. The summed E-state index contributed by atoms with van der Waals surface area (Å²) in [5.74, 6) is -0.280. The van der Waals surface area contributed by atoms with Crippen molar-refractivity contribution < 1.29 is 9.18 Å². The molecule has 2 heterocycles. The summed E-state index contributed by atoms with van der Waals surface area (Å²) in [6, 6.07) is 17.2. The van der Waals surface area contributed by atoms with E-state index in [2.05, 4.69) is 51.3 Å². The Morgan fingerprint density at radius 1 is 1.04 bits per heavy atom. The van der Waals surface area contributed by atoms with Crippen LogP contribution in [0.1, 0.15) is 17.5 Å². The van der Waals surface area contributed by atoms with E-state index in [1.54, 1.807) is 23.5 Å². The van der Waals surface area contributed by atoms with E-state index in [9.17, 15) is 9.18 Å². The fourth-order valence-corrected chi connectivity index (χ4v) is 4.31. The lowest BCUT2D eigenvalue weighted by Crippen LogP contribution is -2.37. The molecule has 1 unspecified atom stereocenters. The summed E-state index contributed by atoms with van der Waals surface area (Å²) < 4.78 is 13.0. The first-order valence-electron chi connectivity index (χ1n) is 9.53.